The normalized spacial score (nSPS) is 10.5. The van der Waals surface area contributed by atoms with Gasteiger partial charge in [0.1, 0.15) is 0 Å². The van der Waals surface area contributed by atoms with E-state index in [-0.39, 0.29) is 0 Å². The summed E-state index contributed by atoms with van der Waals surface area (Å²) >= 11 is 0. The number of carbonyl (C=O) groups excluding carboxylic acids is 1. The Hall–Kier alpha value is -1.97. The maximum atomic E-state index is 13.1. The van der Waals surface area contributed by atoms with Gasteiger partial charge in [-0.15, -0.1) is 0 Å². The van der Waals surface area contributed by atoms with Crippen molar-refractivity contribution < 1.29 is 9.18 Å². The number of fused-ring (bicyclic) bond motifs is 1. The first kappa shape index (κ1) is 9.58. The van der Waals surface area contributed by atoms with Gasteiger partial charge in [-0.25, -0.2) is 4.98 Å². The summed E-state index contributed by atoms with van der Waals surface area (Å²) < 4.78 is 13.1. The zero-order chi connectivity index (χ0) is 11.0. The van der Waals surface area contributed by atoms with Gasteiger partial charge in [0.05, 0.1) is 5.52 Å². The van der Waals surface area contributed by atoms with E-state index in [0.717, 1.165) is 0 Å². The summed E-state index contributed by atoms with van der Waals surface area (Å²) in [6.45, 7) is 1.62. The van der Waals surface area contributed by atoms with E-state index in [1.165, 1.54) is 6.07 Å². The third kappa shape index (κ3) is 1.66. The lowest BCUT2D eigenvalue weighted by atomic mass is 10.1. The molecule has 0 saturated carbocycles. The van der Waals surface area contributed by atoms with E-state index in [1.807, 2.05) is 0 Å². The fourth-order valence-electron chi connectivity index (χ4n) is 1.41. The zero-order valence-corrected chi connectivity index (χ0v) is 8.12. The highest BCUT2D eigenvalue weighted by Crippen LogP contribution is 2.17. The van der Waals surface area contributed by atoms with E-state index < -0.39 is 11.9 Å². The molecule has 1 aromatic heterocycles. The summed E-state index contributed by atoms with van der Waals surface area (Å²) in [6.07, 6.45) is 0. The van der Waals surface area contributed by atoms with Crippen molar-refractivity contribution in [3.63, 3.8) is 0 Å². The highest BCUT2D eigenvalue weighted by Gasteiger charge is 2.05. The lowest BCUT2D eigenvalue weighted by Gasteiger charge is -2.02. The summed E-state index contributed by atoms with van der Waals surface area (Å²) in [7, 11) is 0. The van der Waals surface area contributed by atoms with Crippen LogP contribution in [0.3, 0.4) is 0 Å². The molecule has 0 saturated heterocycles. The third-order valence-electron chi connectivity index (χ3n) is 2.23. The summed E-state index contributed by atoms with van der Waals surface area (Å²) in [5, 5.41) is 0.713. The number of primary amides is 1. The van der Waals surface area contributed by atoms with Crippen LogP contribution in [0.1, 0.15) is 15.9 Å². The summed E-state index contributed by atoms with van der Waals surface area (Å²) in [5.41, 5.74) is 6.50. The average Bonchev–Trinajstić information content (AvgIpc) is 2.19. The molecule has 2 rings (SSSR count). The van der Waals surface area contributed by atoms with Gasteiger partial charge in [-0.2, -0.15) is 4.39 Å². The Kier molecular flexibility index (Phi) is 2.11. The number of amides is 1. The predicted octanol–water partition coefficient (Wildman–Crippen LogP) is 1.78. The predicted molar refractivity (Wildman–Crippen MR) is 55.0 cm³/mol. The summed E-state index contributed by atoms with van der Waals surface area (Å²) in [5.74, 6) is -0.992. The van der Waals surface area contributed by atoms with Crippen LogP contribution in [-0.4, -0.2) is 10.9 Å². The van der Waals surface area contributed by atoms with Gasteiger partial charge in [-0.3, -0.25) is 4.79 Å². The number of rotatable bonds is 1. The van der Waals surface area contributed by atoms with Crippen LogP contribution in [-0.2, 0) is 0 Å². The van der Waals surface area contributed by atoms with Crippen LogP contribution in [0.2, 0.25) is 0 Å². The fourth-order valence-corrected chi connectivity index (χ4v) is 1.41. The Bertz CT molecular complexity index is 552. The van der Waals surface area contributed by atoms with Crippen LogP contribution in [0.4, 0.5) is 4.39 Å². The van der Waals surface area contributed by atoms with Crippen molar-refractivity contribution in [1.29, 1.82) is 0 Å². The minimum atomic E-state index is -0.501. The van der Waals surface area contributed by atoms with Gasteiger partial charge >= 0.3 is 0 Å². The number of hydrogen-bond donors (Lipinski definition) is 1. The number of nitrogens with zero attached hydrogens (tertiary/aromatic N) is 1. The first-order chi connectivity index (χ1) is 7.08. The summed E-state index contributed by atoms with van der Waals surface area (Å²) in [4.78, 5) is 14.7. The Morgan fingerprint density at radius 3 is 2.80 bits per heavy atom. The number of halogens is 1. The molecule has 0 atom stereocenters. The summed E-state index contributed by atoms with van der Waals surface area (Å²) in [6, 6.07) is 6.37. The maximum absolute atomic E-state index is 13.1. The molecule has 1 heterocycles. The number of aromatic nitrogens is 1. The molecule has 4 heteroatoms. The van der Waals surface area contributed by atoms with Crippen LogP contribution in [0.5, 0.6) is 0 Å². The molecule has 0 spiro atoms. The molecular formula is C11H9FN2O. The molecule has 0 bridgehead atoms. The molecule has 2 N–H and O–H groups in total. The quantitative estimate of drug-likeness (QED) is 0.720. The molecule has 3 nitrogen and oxygen atoms in total. The second kappa shape index (κ2) is 3.31. The van der Waals surface area contributed by atoms with Gasteiger partial charge in [-0.05, 0) is 31.2 Å². The van der Waals surface area contributed by atoms with Gasteiger partial charge in [0, 0.05) is 16.5 Å². The number of aryl methyl sites for hydroxylation is 1. The molecule has 0 fully saturated rings. The smallest absolute Gasteiger partial charge is 0.248 e. The number of pyridine rings is 1. The number of hydrogen-bond acceptors (Lipinski definition) is 2. The van der Waals surface area contributed by atoms with Gasteiger partial charge in [0.25, 0.3) is 0 Å². The second-order valence-corrected chi connectivity index (χ2v) is 3.37. The van der Waals surface area contributed by atoms with E-state index in [4.69, 9.17) is 5.73 Å². The van der Waals surface area contributed by atoms with Crippen LogP contribution in [0, 0.1) is 12.9 Å². The Morgan fingerprint density at radius 1 is 1.40 bits per heavy atom. The van der Waals surface area contributed by atoms with Crippen molar-refractivity contribution in [1.82, 2.24) is 4.98 Å². The van der Waals surface area contributed by atoms with Crippen LogP contribution in [0.15, 0.2) is 24.3 Å². The molecule has 0 aliphatic heterocycles. The maximum Gasteiger partial charge on any atom is 0.248 e. The Labute approximate surface area is 85.7 Å². The van der Waals surface area contributed by atoms with Crippen molar-refractivity contribution >= 4 is 16.8 Å². The molecule has 15 heavy (non-hydrogen) atoms. The molecular weight excluding hydrogens is 195 g/mol. The van der Waals surface area contributed by atoms with E-state index >= 15 is 0 Å². The lowest BCUT2D eigenvalue weighted by molar-refractivity contribution is 0.100. The molecule has 2 aromatic rings. The topological polar surface area (TPSA) is 56.0 Å². The Morgan fingerprint density at radius 2 is 2.13 bits per heavy atom. The highest BCUT2D eigenvalue weighted by molar-refractivity contribution is 5.96. The number of nitrogens with two attached hydrogens (primary N) is 1. The van der Waals surface area contributed by atoms with Crippen LogP contribution in [0.25, 0.3) is 10.9 Å². The minimum Gasteiger partial charge on any atom is -0.366 e. The van der Waals surface area contributed by atoms with Gasteiger partial charge in [-0.1, -0.05) is 0 Å². The van der Waals surface area contributed by atoms with E-state index in [1.54, 1.807) is 25.1 Å². The molecule has 76 valence electrons. The molecule has 1 amide bonds. The first-order valence-corrected chi connectivity index (χ1v) is 4.44. The van der Waals surface area contributed by atoms with Gasteiger partial charge in [0.2, 0.25) is 11.9 Å². The van der Waals surface area contributed by atoms with Crippen molar-refractivity contribution in [2.24, 2.45) is 5.73 Å². The first-order valence-electron chi connectivity index (χ1n) is 4.44. The van der Waals surface area contributed by atoms with Crippen molar-refractivity contribution in [3.8, 4) is 0 Å². The van der Waals surface area contributed by atoms with Gasteiger partial charge < -0.3 is 5.73 Å². The largest absolute Gasteiger partial charge is 0.366 e. The second-order valence-electron chi connectivity index (χ2n) is 3.37. The fraction of sp³-hybridized carbons (Fsp3) is 0.0909. The molecule has 0 unspecified atom stereocenters. The number of carbonyl (C=O) groups is 1. The molecule has 0 aliphatic rings. The van der Waals surface area contributed by atoms with Crippen LogP contribution < -0.4 is 5.73 Å². The highest BCUT2D eigenvalue weighted by atomic mass is 19.1. The number of benzene rings is 1. The SMILES string of the molecule is Cc1cc2cc(C(N)=O)ccc2nc1F. The van der Waals surface area contributed by atoms with E-state index in [2.05, 4.69) is 4.98 Å². The molecule has 0 aliphatic carbocycles. The standard InChI is InChI=1S/C11H9FN2O/c1-6-4-8-5-7(11(13)15)2-3-9(8)14-10(6)12/h2-5H,1H3,(H2,13,15). The average molecular weight is 204 g/mol. The van der Waals surface area contributed by atoms with Crippen LogP contribution >= 0.6 is 0 Å². The third-order valence-corrected chi connectivity index (χ3v) is 2.23. The van der Waals surface area contributed by atoms with Crippen molar-refractivity contribution in [3.05, 3.63) is 41.3 Å². The van der Waals surface area contributed by atoms with Gasteiger partial charge in [0.15, 0.2) is 0 Å². The zero-order valence-electron chi connectivity index (χ0n) is 8.12. The van der Waals surface area contributed by atoms with Crippen molar-refractivity contribution in [2.45, 2.75) is 6.92 Å². The van der Waals surface area contributed by atoms with Crippen molar-refractivity contribution in [2.75, 3.05) is 0 Å². The van der Waals surface area contributed by atoms with E-state index in [0.29, 0.717) is 22.0 Å². The lowest BCUT2D eigenvalue weighted by Crippen LogP contribution is -2.10. The minimum absolute atomic E-state index is 0.398. The van der Waals surface area contributed by atoms with E-state index in [9.17, 15) is 9.18 Å². The molecule has 1 aromatic carbocycles. The molecule has 0 radical (unpaired) electrons. The monoisotopic (exact) mass is 204 g/mol. The Balaban J connectivity index is 2.72.